The van der Waals surface area contributed by atoms with Gasteiger partial charge in [-0.3, -0.25) is 9.48 Å². The van der Waals surface area contributed by atoms with E-state index in [0.717, 1.165) is 18.7 Å². The van der Waals surface area contributed by atoms with E-state index in [1.165, 1.54) is 0 Å². The summed E-state index contributed by atoms with van der Waals surface area (Å²) in [5.41, 5.74) is 7.25. The molecule has 19 heavy (non-hydrogen) atoms. The molecule has 0 spiro atoms. The van der Waals surface area contributed by atoms with E-state index in [1.807, 2.05) is 17.7 Å². The molecule has 1 atom stereocenters. The second kappa shape index (κ2) is 5.51. The molecular weight excluding hydrogens is 264 g/mol. The third-order valence-corrected chi connectivity index (χ3v) is 3.25. The molecule has 2 rings (SSSR count). The molecule has 1 amide bonds. The van der Waals surface area contributed by atoms with E-state index in [4.69, 9.17) is 5.73 Å². The van der Waals surface area contributed by atoms with Crippen molar-refractivity contribution in [3.63, 3.8) is 0 Å². The number of hydrogen-bond donors (Lipinski definition) is 1. The molecule has 0 aliphatic carbocycles. The molecule has 1 aliphatic rings. The van der Waals surface area contributed by atoms with Crippen molar-refractivity contribution in [2.24, 2.45) is 5.73 Å². The highest BCUT2D eigenvalue weighted by Gasteiger charge is 2.27. The summed E-state index contributed by atoms with van der Waals surface area (Å²) in [7, 11) is 0. The third kappa shape index (κ3) is 3.28. The van der Waals surface area contributed by atoms with E-state index >= 15 is 0 Å². The molecule has 108 valence electrons. The Morgan fingerprint density at radius 2 is 2.11 bits per heavy atom. The van der Waals surface area contributed by atoms with Crippen LogP contribution in [-0.2, 0) is 5.54 Å². The van der Waals surface area contributed by atoms with Crippen molar-refractivity contribution in [1.82, 2.24) is 14.7 Å². The fourth-order valence-corrected chi connectivity index (χ4v) is 2.39. The molecule has 1 aliphatic heterocycles. The fourth-order valence-electron chi connectivity index (χ4n) is 2.39. The van der Waals surface area contributed by atoms with E-state index in [2.05, 4.69) is 25.9 Å². The zero-order chi connectivity index (χ0) is 13.5. The van der Waals surface area contributed by atoms with Crippen LogP contribution in [0.25, 0.3) is 0 Å². The first-order valence-electron chi connectivity index (χ1n) is 6.41. The van der Waals surface area contributed by atoms with Gasteiger partial charge >= 0.3 is 0 Å². The van der Waals surface area contributed by atoms with Crippen LogP contribution in [0.4, 0.5) is 0 Å². The van der Waals surface area contributed by atoms with Crippen LogP contribution in [0, 0.1) is 6.92 Å². The van der Waals surface area contributed by atoms with E-state index in [0.29, 0.717) is 12.2 Å². The zero-order valence-corrected chi connectivity index (χ0v) is 12.8. The van der Waals surface area contributed by atoms with Crippen molar-refractivity contribution in [3.8, 4) is 0 Å². The highest BCUT2D eigenvalue weighted by atomic mass is 35.5. The number of halogens is 1. The van der Waals surface area contributed by atoms with Gasteiger partial charge in [0.25, 0.3) is 5.91 Å². The number of aryl methyl sites for hydroxylation is 1. The number of hydrogen-bond acceptors (Lipinski definition) is 3. The topological polar surface area (TPSA) is 64.2 Å². The Hall–Kier alpha value is -1.07. The average Bonchev–Trinajstić information content (AvgIpc) is 2.82. The lowest BCUT2D eigenvalue weighted by Crippen LogP contribution is -2.32. The van der Waals surface area contributed by atoms with Crippen molar-refractivity contribution >= 4 is 18.3 Å². The molecule has 0 radical (unpaired) electrons. The summed E-state index contributed by atoms with van der Waals surface area (Å²) in [5.74, 6) is -0.00551. The molecule has 2 heterocycles. The smallest absolute Gasteiger partial charge is 0.274 e. The predicted molar refractivity (Wildman–Crippen MR) is 77.7 cm³/mol. The minimum atomic E-state index is -0.107. The first-order valence-corrected chi connectivity index (χ1v) is 6.41. The van der Waals surface area contributed by atoms with Crippen LogP contribution in [0.15, 0.2) is 6.07 Å². The lowest BCUT2D eigenvalue weighted by Gasteiger charge is -2.21. The SMILES string of the molecule is Cc1cc(C(=O)N2CCC(N)C2)nn1C(C)(C)C.Cl. The van der Waals surface area contributed by atoms with Crippen molar-refractivity contribution in [2.45, 2.75) is 45.7 Å². The minimum absolute atomic E-state index is 0. The van der Waals surface area contributed by atoms with E-state index in [1.54, 1.807) is 4.90 Å². The maximum Gasteiger partial charge on any atom is 0.274 e. The largest absolute Gasteiger partial charge is 0.336 e. The Kier molecular flexibility index (Phi) is 4.63. The van der Waals surface area contributed by atoms with Crippen LogP contribution < -0.4 is 5.73 Å². The number of amides is 1. The standard InChI is InChI=1S/C13H22N4O.ClH/c1-9-7-11(15-17(9)13(2,3)4)12(18)16-6-5-10(14)8-16;/h7,10H,5-6,8,14H2,1-4H3;1H. The molecule has 2 N–H and O–H groups in total. The highest BCUT2D eigenvalue weighted by Crippen LogP contribution is 2.18. The molecule has 1 saturated heterocycles. The molecule has 1 aromatic heterocycles. The van der Waals surface area contributed by atoms with Gasteiger partial charge in [-0.2, -0.15) is 5.10 Å². The molecule has 1 aromatic rings. The van der Waals surface area contributed by atoms with Crippen LogP contribution >= 0.6 is 12.4 Å². The third-order valence-electron chi connectivity index (χ3n) is 3.25. The quantitative estimate of drug-likeness (QED) is 0.852. The van der Waals surface area contributed by atoms with Gasteiger partial charge in [0.05, 0.1) is 5.54 Å². The van der Waals surface area contributed by atoms with Crippen molar-refractivity contribution in [2.75, 3.05) is 13.1 Å². The summed E-state index contributed by atoms with van der Waals surface area (Å²) in [5, 5.41) is 4.44. The number of likely N-dealkylation sites (tertiary alicyclic amines) is 1. The maximum absolute atomic E-state index is 12.3. The Labute approximate surface area is 120 Å². The number of carbonyl (C=O) groups is 1. The Bertz CT molecular complexity index is 464. The van der Waals surface area contributed by atoms with Gasteiger partial charge in [-0.15, -0.1) is 12.4 Å². The molecule has 1 unspecified atom stereocenters. The normalized spacial score (nSPS) is 19.4. The van der Waals surface area contributed by atoms with Gasteiger partial charge in [0, 0.05) is 24.8 Å². The van der Waals surface area contributed by atoms with Crippen molar-refractivity contribution in [3.05, 3.63) is 17.5 Å². The predicted octanol–water partition coefficient (Wildman–Crippen LogP) is 1.54. The molecule has 0 saturated carbocycles. The van der Waals surface area contributed by atoms with Crippen LogP contribution in [0.2, 0.25) is 0 Å². The number of aromatic nitrogens is 2. The number of nitrogens with two attached hydrogens (primary N) is 1. The molecular formula is C13H23ClN4O. The first-order chi connectivity index (χ1) is 8.29. The zero-order valence-electron chi connectivity index (χ0n) is 12.0. The highest BCUT2D eigenvalue weighted by molar-refractivity contribution is 5.92. The Balaban J connectivity index is 0.00000180. The second-order valence-electron chi connectivity index (χ2n) is 6.05. The van der Waals surface area contributed by atoms with Gasteiger partial charge in [0.15, 0.2) is 5.69 Å². The van der Waals surface area contributed by atoms with E-state index in [-0.39, 0.29) is 29.9 Å². The minimum Gasteiger partial charge on any atom is -0.336 e. The van der Waals surface area contributed by atoms with Gasteiger partial charge in [0.1, 0.15) is 0 Å². The first kappa shape index (κ1) is 16.0. The van der Waals surface area contributed by atoms with Crippen molar-refractivity contribution in [1.29, 1.82) is 0 Å². The monoisotopic (exact) mass is 286 g/mol. The summed E-state index contributed by atoms with van der Waals surface area (Å²) in [6, 6.07) is 1.97. The summed E-state index contributed by atoms with van der Waals surface area (Å²) in [4.78, 5) is 14.1. The average molecular weight is 287 g/mol. The van der Waals surface area contributed by atoms with Gasteiger partial charge in [0.2, 0.25) is 0 Å². The van der Waals surface area contributed by atoms with Crippen LogP contribution in [0.1, 0.15) is 43.4 Å². The number of carbonyl (C=O) groups excluding carboxylic acids is 1. The van der Waals surface area contributed by atoms with Crippen LogP contribution in [-0.4, -0.2) is 39.7 Å². The lowest BCUT2D eigenvalue weighted by atomic mass is 10.1. The fraction of sp³-hybridized carbons (Fsp3) is 0.692. The van der Waals surface area contributed by atoms with Gasteiger partial charge in [-0.05, 0) is 40.2 Å². The molecule has 6 heteroatoms. The van der Waals surface area contributed by atoms with Crippen LogP contribution in [0.5, 0.6) is 0 Å². The summed E-state index contributed by atoms with van der Waals surface area (Å²) >= 11 is 0. The van der Waals surface area contributed by atoms with Gasteiger partial charge in [-0.1, -0.05) is 0 Å². The Morgan fingerprint density at radius 3 is 2.53 bits per heavy atom. The number of rotatable bonds is 1. The summed E-state index contributed by atoms with van der Waals surface area (Å²) < 4.78 is 1.90. The molecule has 1 fully saturated rings. The van der Waals surface area contributed by atoms with E-state index in [9.17, 15) is 4.79 Å². The van der Waals surface area contributed by atoms with Crippen molar-refractivity contribution < 1.29 is 4.79 Å². The lowest BCUT2D eigenvalue weighted by molar-refractivity contribution is 0.0783. The maximum atomic E-state index is 12.3. The molecule has 5 nitrogen and oxygen atoms in total. The second-order valence-corrected chi connectivity index (χ2v) is 6.05. The van der Waals surface area contributed by atoms with E-state index < -0.39 is 0 Å². The molecule has 0 bridgehead atoms. The Morgan fingerprint density at radius 1 is 1.47 bits per heavy atom. The van der Waals surface area contributed by atoms with Gasteiger partial charge < -0.3 is 10.6 Å². The van der Waals surface area contributed by atoms with Crippen LogP contribution in [0.3, 0.4) is 0 Å². The summed E-state index contributed by atoms with van der Waals surface area (Å²) in [6.07, 6.45) is 0.880. The molecule has 0 aromatic carbocycles. The van der Waals surface area contributed by atoms with Gasteiger partial charge in [-0.25, -0.2) is 0 Å². The number of nitrogens with zero attached hydrogens (tertiary/aromatic N) is 3. The summed E-state index contributed by atoms with van der Waals surface area (Å²) in [6.45, 7) is 9.58.